The number of hydrogen-bond acceptors (Lipinski definition) is 5. The van der Waals surface area contributed by atoms with Gasteiger partial charge in [0, 0.05) is 32.3 Å². The fourth-order valence-electron chi connectivity index (χ4n) is 2.74. The first-order valence-electron chi connectivity index (χ1n) is 8.91. The number of nitrogens with zero attached hydrogens (tertiary/aromatic N) is 2. The Hall–Kier alpha value is -2.78. The maximum atomic E-state index is 12.6. The van der Waals surface area contributed by atoms with E-state index in [2.05, 4.69) is 5.32 Å². The Kier molecular flexibility index (Phi) is 7.10. The number of amides is 1. The lowest BCUT2D eigenvalue weighted by atomic mass is 10.1. The summed E-state index contributed by atoms with van der Waals surface area (Å²) in [5.41, 5.74) is 1.66. The van der Waals surface area contributed by atoms with E-state index in [1.165, 1.54) is 21.1 Å². The fourth-order valence-corrected chi connectivity index (χ4v) is 3.61. The molecule has 158 valence electrons. The van der Waals surface area contributed by atoms with Crippen LogP contribution in [-0.4, -0.2) is 54.0 Å². The van der Waals surface area contributed by atoms with Gasteiger partial charge in [-0.3, -0.25) is 9.10 Å². The Morgan fingerprint density at radius 2 is 1.62 bits per heavy atom. The molecule has 29 heavy (non-hydrogen) atoms. The third-order valence-electron chi connectivity index (χ3n) is 4.55. The maximum Gasteiger partial charge on any atom is 0.303 e. The number of hydrogen-bond donors (Lipinski definition) is 1. The van der Waals surface area contributed by atoms with E-state index in [0.717, 1.165) is 14.2 Å². The number of carbonyl (C=O) groups excluding carboxylic acids is 1. The predicted molar refractivity (Wildman–Crippen MR) is 113 cm³/mol. The molecular weight excluding hydrogens is 394 g/mol. The van der Waals surface area contributed by atoms with E-state index >= 15 is 0 Å². The Morgan fingerprint density at radius 1 is 1.00 bits per heavy atom. The first-order valence-corrected chi connectivity index (χ1v) is 10.3. The van der Waals surface area contributed by atoms with Gasteiger partial charge in [0.25, 0.3) is 5.91 Å². The van der Waals surface area contributed by atoms with E-state index in [0.29, 0.717) is 22.7 Å². The van der Waals surface area contributed by atoms with Crippen molar-refractivity contribution >= 4 is 21.8 Å². The topological polar surface area (TPSA) is 88.2 Å². The van der Waals surface area contributed by atoms with Crippen molar-refractivity contribution < 1.29 is 22.7 Å². The van der Waals surface area contributed by atoms with Crippen molar-refractivity contribution in [2.24, 2.45) is 0 Å². The van der Waals surface area contributed by atoms with Crippen LogP contribution in [0.3, 0.4) is 0 Å². The van der Waals surface area contributed by atoms with Crippen LogP contribution in [0.4, 0.5) is 5.69 Å². The number of benzene rings is 2. The second-order valence-corrected chi connectivity index (χ2v) is 8.78. The Bertz CT molecular complexity index is 959. The molecule has 8 nitrogen and oxygen atoms in total. The van der Waals surface area contributed by atoms with Crippen molar-refractivity contribution in [1.29, 1.82) is 0 Å². The van der Waals surface area contributed by atoms with Crippen LogP contribution in [-0.2, 0) is 10.2 Å². The normalized spacial score (nSPS) is 12.4. The summed E-state index contributed by atoms with van der Waals surface area (Å²) in [5.74, 6) is 1.02. The molecule has 0 saturated heterocycles. The van der Waals surface area contributed by atoms with Crippen molar-refractivity contribution in [2.45, 2.75) is 13.0 Å². The quantitative estimate of drug-likeness (QED) is 0.707. The van der Waals surface area contributed by atoms with Crippen LogP contribution in [0.5, 0.6) is 11.5 Å². The highest BCUT2D eigenvalue weighted by Crippen LogP contribution is 2.29. The maximum absolute atomic E-state index is 12.6. The minimum atomic E-state index is -3.59. The standard InChI is InChI=1S/C20H27N3O5S/c1-14(18-13-17(27-5)11-12-19(18)28-6)21-20(24)15-7-9-16(10-8-15)23(4)29(25,26)22(2)3/h7-14H,1-6H3,(H,21,24)/t14-/m1/s1. The zero-order valence-corrected chi connectivity index (χ0v) is 18.3. The van der Waals surface area contributed by atoms with Crippen LogP contribution >= 0.6 is 0 Å². The van der Waals surface area contributed by atoms with Gasteiger partial charge in [0.2, 0.25) is 0 Å². The summed E-state index contributed by atoms with van der Waals surface area (Å²) in [4.78, 5) is 12.6. The lowest BCUT2D eigenvalue weighted by Gasteiger charge is -2.23. The van der Waals surface area contributed by atoms with Crippen LogP contribution in [0, 0.1) is 0 Å². The molecule has 0 unspecified atom stereocenters. The number of ether oxygens (including phenoxy) is 2. The molecule has 0 aliphatic rings. The molecule has 0 radical (unpaired) electrons. The van der Waals surface area contributed by atoms with Crippen LogP contribution in [0.2, 0.25) is 0 Å². The summed E-state index contributed by atoms with van der Waals surface area (Å²) in [6.45, 7) is 1.85. The van der Waals surface area contributed by atoms with Gasteiger partial charge >= 0.3 is 10.2 Å². The van der Waals surface area contributed by atoms with Gasteiger partial charge in [-0.2, -0.15) is 12.7 Å². The monoisotopic (exact) mass is 421 g/mol. The highest BCUT2D eigenvalue weighted by Gasteiger charge is 2.21. The minimum absolute atomic E-state index is 0.285. The highest BCUT2D eigenvalue weighted by atomic mass is 32.2. The van der Waals surface area contributed by atoms with E-state index in [9.17, 15) is 13.2 Å². The first-order chi connectivity index (χ1) is 13.6. The number of carbonyl (C=O) groups is 1. The van der Waals surface area contributed by atoms with Crippen LogP contribution < -0.4 is 19.1 Å². The van der Waals surface area contributed by atoms with E-state index in [-0.39, 0.29) is 11.9 Å². The van der Waals surface area contributed by atoms with Crippen molar-refractivity contribution in [3.8, 4) is 11.5 Å². The summed E-state index contributed by atoms with van der Waals surface area (Å²) in [6.07, 6.45) is 0. The largest absolute Gasteiger partial charge is 0.497 e. The molecule has 2 aromatic rings. The second kappa shape index (κ2) is 9.15. The van der Waals surface area contributed by atoms with Gasteiger partial charge in [-0.15, -0.1) is 0 Å². The zero-order chi connectivity index (χ0) is 21.8. The third-order valence-corrected chi connectivity index (χ3v) is 6.38. The minimum Gasteiger partial charge on any atom is -0.497 e. The Balaban J connectivity index is 2.18. The Labute approximate surface area is 172 Å². The summed E-state index contributed by atoms with van der Waals surface area (Å²) >= 11 is 0. The average molecular weight is 422 g/mol. The molecule has 2 rings (SSSR count). The predicted octanol–water partition coefficient (Wildman–Crippen LogP) is 2.44. The van der Waals surface area contributed by atoms with Crippen molar-refractivity contribution in [2.75, 3.05) is 39.7 Å². The smallest absolute Gasteiger partial charge is 0.303 e. The molecule has 1 amide bonds. The van der Waals surface area contributed by atoms with Crippen LogP contribution in [0.15, 0.2) is 42.5 Å². The van der Waals surface area contributed by atoms with Gasteiger partial charge in [0.1, 0.15) is 11.5 Å². The summed E-state index contributed by atoms with van der Waals surface area (Å²) < 4.78 is 37.3. The molecular formula is C20H27N3O5S. The molecule has 0 heterocycles. The molecule has 9 heteroatoms. The van der Waals surface area contributed by atoms with Gasteiger partial charge in [-0.05, 0) is 49.4 Å². The van der Waals surface area contributed by atoms with Gasteiger partial charge in [-0.25, -0.2) is 0 Å². The SMILES string of the molecule is COc1ccc(OC)c([C@@H](C)NC(=O)c2ccc(N(C)S(=O)(=O)N(C)C)cc2)c1. The molecule has 0 aliphatic heterocycles. The Morgan fingerprint density at radius 3 is 2.14 bits per heavy atom. The molecule has 0 bridgehead atoms. The van der Waals surface area contributed by atoms with Gasteiger partial charge in [0.05, 0.1) is 25.9 Å². The lowest BCUT2D eigenvalue weighted by Crippen LogP contribution is -2.37. The van der Waals surface area contributed by atoms with Crippen molar-refractivity contribution in [3.63, 3.8) is 0 Å². The van der Waals surface area contributed by atoms with Gasteiger partial charge in [0.15, 0.2) is 0 Å². The fraction of sp³-hybridized carbons (Fsp3) is 0.350. The summed E-state index contributed by atoms with van der Waals surface area (Å²) in [7, 11) is 3.93. The molecule has 0 fully saturated rings. The van der Waals surface area contributed by atoms with Gasteiger partial charge in [-0.1, -0.05) is 0 Å². The molecule has 1 atom stereocenters. The average Bonchev–Trinajstić information content (AvgIpc) is 2.72. The van der Waals surface area contributed by atoms with E-state index in [1.807, 2.05) is 13.0 Å². The van der Waals surface area contributed by atoms with Crippen LogP contribution in [0.1, 0.15) is 28.9 Å². The molecule has 0 aliphatic carbocycles. The molecule has 0 aromatic heterocycles. The number of methoxy groups -OCH3 is 2. The molecule has 1 N–H and O–H groups in total. The summed E-state index contributed by atoms with van der Waals surface area (Å²) in [6, 6.07) is 11.4. The molecule has 0 saturated carbocycles. The highest BCUT2D eigenvalue weighted by molar-refractivity contribution is 7.90. The van der Waals surface area contributed by atoms with Gasteiger partial charge < -0.3 is 14.8 Å². The van der Waals surface area contributed by atoms with Crippen LogP contribution in [0.25, 0.3) is 0 Å². The molecule has 2 aromatic carbocycles. The number of anilines is 1. The van der Waals surface area contributed by atoms with E-state index < -0.39 is 10.2 Å². The van der Waals surface area contributed by atoms with Crippen molar-refractivity contribution in [1.82, 2.24) is 9.62 Å². The zero-order valence-electron chi connectivity index (χ0n) is 17.5. The van der Waals surface area contributed by atoms with E-state index in [1.54, 1.807) is 50.6 Å². The lowest BCUT2D eigenvalue weighted by molar-refractivity contribution is 0.0939. The number of rotatable bonds is 8. The molecule has 0 spiro atoms. The summed E-state index contributed by atoms with van der Waals surface area (Å²) in [5, 5.41) is 2.92. The number of nitrogens with one attached hydrogen (secondary N) is 1. The third kappa shape index (κ3) is 4.99. The van der Waals surface area contributed by atoms with Crippen molar-refractivity contribution in [3.05, 3.63) is 53.6 Å². The first kappa shape index (κ1) is 22.5. The van der Waals surface area contributed by atoms with E-state index in [4.69, 9.17) is 9.47 Å². The second-order valence-electron chi connectivity index (χ2n) is 6.61.